The Bertz CT molecular complexity index is 269. The molecule has 1 rings (SSSR count). The smallest absolute Gasteiger partial charge is 0.0413 e. The van der Waals surface area contributed by atoms with Crippen molar-refractivity contribution in [1.29, 1.82) is 0 Å². The van der Waals surface area contributed by atoms with Crippen molar-refractivity contribution in [1.82, 2.24) is 0 Å². The van der Waals surface area contributed by atoms with Crippen molar-refractivity contribution < 1.29 is 1.43 Å². The Hall–Kier alpha value is -1.24. The van der Waals surface area contributed by atoms with Crippen LogP contribution in [0.2, 0.25) is 0 Å². The number of para-hydroxylation sites is 1. The van der Waals surface area contributed by atoms with Crippen LogP contribution in [0.3, 0.4) is 0 Å². The molecule has 0 bridgehead atoms. The summed E-state index contributed by atoms with van der Waals surface area (Å²) in [5.41, 5.74) is 2.46. The van der Waals surface area contributed by atoms with Gasteiger partial charge in [0.15, 0.2) is 0 Å². The van der Waals surface area contributed by atoms with Crippen LogP contribution in [0.5, 0.6) is 0 Å². The van der Waals surface area contributed by atoms with Gasteiger partial charge in [0.25, 0.3) is 0 Å². The predicted octanol–water partition coefficient (Wildman–Crippen LogP) is 3.40. The van der Waals surface area contributed by atoms with Crippen LogP contribution in [-0.2, 0) is 0 Å². The number of allylic oxidation sites excluding steroid dienone is 1. The van der Waals surface area contributed by atoms with Crippen LogP contribution < -0.4 is 5.32 Å². The zero-order chi connectivity index (χ0) is 8.81. The van der Waals surface area contributed by atoms with Crippen LogP contribution in [0.4, 0.5) is 5.69 Å². The first-order valence-electron chi connectivity index (χ1n) is 4.34. The van der Waals surface area contributed by atoms with Crippen LogP contribution in [0.15, 0.2) is 30.3 Å². The Morgan fingerprint density at radius 1 is 1.42 bits per heavy atom. The highest BCUT2D eigenvalue weighted by atomic mass is 14.9. The van der Waals surface area contributed by atoms with Crippen molar-refractivity contribution in [3.63, 3.8) is 0 Å². The van der Waals surface area contributed by atoms with E-state index in [0.29, 0.717) is 0 Å². The summed E-state index contributed by atoms with van der Waals surface area (Å²) >= 11 is 0. The number of nitrogens with one attached hydrogen (secondary N) is 1. The normalized spacial score (nSPS) is 10.5. The first-order chi connectivity index (χ1) is 5.88. The predicted molar refractivity (Wildman–Crippen MR) is 57.4 cm³/mol. The maximum absolute atomic E-state index is 3.31. The summed E-state index contributed by atoms with van der Waals surface area (Å²) in [5, 5.41) is 3.31. The zero-order valence-electron chi connectivity index (χ0n) is 7.67. The van der Waals surface area contributed by atoms with Crippen LogP contribution in [0.25, 0.3) is 6.08 Å². The molecule has 0 saturated heterocycles. The number of hydrogen-bond acceptors (Lipinski definition) is 1. The summed E-state index contributed by atoms with van der Waals surface area (Å²) in [6.45, 7) is 5.10. The van der Waals surface area contributed by atoms with Crippen LogP contribution in [0, 0.1) is 0 Å². The van der Waals surface area contributed by atoms with E-state index >= 15 is 0 Å². The van der Waals surface area contributed by atoms with Crippen molar-refractivity contribution in [3.8, 4) is 0 Å². The van der Waals surface area contributed by atoms with Crippen LogP contribution >= 0.6 is 0 Å². The van der Waals surface area contributed by atoms with Crippen molar-refractivity contribution in [2.24, 2.45) is 0 Å². The molecule has 0 heterocycles. The van der Waals surface area contributed by atoms with E-state index in [-0.39, 0.29) is 1.43 Å². The second-order valence-electron chi connectivity index (χ2n) is 2.62. The summed E-state index contributed by atoms with van der Waals surface area (Å²) in [5.74, 6) is 0. The van der Waals surface area contributed by atoms with Crippen molar-refractivity contribution in [2.75, 3.05) is 11.9 Å². The molecule has 0 saturated carbocycles. The second kappa shape index (κ2) is 4.60. The molecule has 1 N–H and O–H groups in total. The minimum absolute atomic E-state index is 0. The summed E-state index contributed by atoms with van der Waals surface area (Å²) in [4.78, 5) is 0. The molecule has 0 aliphatic rings. The molecule has 0 amide bonds. The molecule has 0 aliphatic carbocycles. The van der Waals surface area contributed by atoms with Gasteiger partial charge in [-0.2, -0.15) is 0 Å². The van der Waals surface area contributed by atoms with Gasteiger partial charge in [0.05, 0.1) is 0 Å². The van der Waals surface area contributed by atoms with Crippen LogP contribution in [-0.4, -0.2) is 6.54 Å². The Morgan fingerprint density at radius 3 is 2.83 bits per heavy atom. The molecular weight excluding hydrogens is 146 g/mol. The Balaban J connectivity index is 0.00000144. The van der Waals surface area contributed by atoms with Gasteiger partial charge in [0.1, 0.15) is 0 Å². The number of rotatable bonds is 3. The van der Waals surface area contributed by atoms with E-state index in [9.17, 15) is 0 Å². The molecule has 1 aromatic rings. The van der Waals surface area contributed by atoms with Gasteiger partial charge < -0.3 is 5.32 Å². The fourth-order valence-electron chi connectivity index (χ4n) is 1.17. The van der Waals surface area contributed by atoms with Gasteiger partial charge in [-0.05, 0) is 25.5 Å². The highest BCUT2D eigenvalue weighted by molar-refractivity contribution is 5.66. The Kier molecular flexibility index (Phi) is 3.39. The molecule has 66 valence electrons. The van der Waals surface area contributed by atoms with Gasteiger partial charge in [0.2, 0.25) is 0 Å². The number of anilines is 1. The third kappa shape index (κ3) is 2.12. The average Bonchev–Trinajstić information content (AvgIpc) is 2.09. The van der Waals surface area contributed by atoms with Gasteiger partial charge in [-0.25, -0.2) is 0 Å². The average molecular weight is 163 g/mol. The van der Waals surface area contributed by atoms with Crippen molar-refractivity contribution in [2.45, 2.75) is 13.8 Å². The van der Waals surface area contributed by atoms with E-state index in [4.69, 9.17) is 0 Å². The lowest BCUT2D eigenvalue weighted by Gasteiger charge is -2.06. The maximum Gasteiger partial charge on any atom is 0.0413 e. The molecule has 12 heavy (non-hydrogen) atoms. The first kappa shape index (κ1) is 8.85. The fourth-order valence-corrected chi connectivity index (χ4v) is 1.17. The van der Waals surface area contributed by atoms with E-state index in [1.165, 1.54) is 11.3 Å². The molecule has 1 heteroatoms. The van der Waals surface area contributed by atoms with Crippen molar-refractivity contribution in [3.05, 3.63) is 35.9 Å². The molecule has 0 fully saturated rings. The van der Waals surface area contributed by atoms with E-state index in [1.54, 1.807) is 0 Å². The van der Waals surface area contributed by atoms with Gasteiger partial charge in [-0.1, -0.05) is 30.4 Å². The summed E-state index contributed by atoms with van der Waals surface area (Å²) in [7, 11) is 0. The fraction of sp³-hybridized carbons (Fsp3) is 0.273. The molecule has 0 aromatic heterocycles. The Morgan fingerprint density at radius 2 is 2.17 bits per heavy atom. The third-order valence-electron chi connectivity index (χ3n) is 1.67. The lowest BCUT2D eigenvalue weighted by atomic mass is 10.1. The standard InChI is InChI=1S/C11H15N.H2/c1-3-7-10-8-5-6-9-11(10)12-4-2;/h3,5-9,12H,4H2,1-2H3;1H/b7-3+;. The molecular formula is C11H17N. The molecule has 1 aromatic carbocycles. The topological polar surface area (TPSA) is 12.0 Å². The monoisotopic (exact) mass is 163 g/mol. The minimum Gasteiger partial charge on any atom is -0.385 e. The summed E-state index contributed by atoms with van der Waals surface area (Å²) in [6.07, 6.45) is 4.16. The molecule has 0 aliphatic heterocycles. The largest absolute Gasteiger partial charge is 0.385 e. The van der Waals surface area contributed by atoms with E-state index in [0.717, 1.165) is 6.54 Å². The molecule has 0 spiro atoms. The van der Waals surface area contributed by atoms with E-state index in [2.05, 4.69) is 42.6 Å². The number of benzene rings is 1. The second-order valence-corrected chi connectivity index (χ2v) is 2.62. The molecule has 0 atom stereocenters. The van der Waals surface area contributed by atoms with Gasteiger partial charge in [0, 0.05) is 13.7 Å². The lowest BCUT2D eigenvalue weighted by molar-refractivity contribution is 1.21. The van der Waals surface area contributed by atoms with Gasteiger partial charge >= 0.3 is 0 Å². The summed E-state index contributed by atoms with van der Waals surface area (Å²) < 4.78 is 0. The third-order valence-corrected chi connectivity index (χ3v) is 1.67. The quantitative estimate of drug-likeness (QED) is 0.720. The van der Waals surface area contributed by atoms with Crippen molar-refractivity contribution >= 4 is 11.8 Å². The van der Waals surface area contributed by atoms with E-state index < -0.39 is 0 Å². The Labute approximate surface area is 75.6 Å². The van der Waals surface area contributed by atoms with Gasteiger partial charge in [-0.15, -0.1) is 0 Å². The highest BCUT2D eigenvalue weighted by Crippen LogP contribution is 2.15. The SMILES string of the molecule is C/C=C/c1ccccc1NCC.[HH]. The summed E-state index contributed by atoms with van der Waals surface area (Å²) in [6, 6.07) is 8.30. The van der Waals surface area contributed by atoms with Crippen LogP contribution in [0.1, 0.15) is 20.8 Å². The molecule has 0 unspecified atom stereocenters. The maximum atomic E-state index is 3.31. The first-order valence-corrected chi connectivity index (χ1v) is 4.34. The zero-order valence-corrected chi connectivity index (χ0v) is 7.67. The van der Waals surface area contributed by atoms with Gasteiger partial charge in [-0.3, -0.25) is 0 Å². The molecule has 0 radical (unpaired) electrons. The number of hydrogen-bond donors (Lipinski definition) is 1. The lowest BCUT2D eigenvalue weighted by Crippen LogP contribution is -1.97. The molecule has 1 nitrogen and oxygen atoms in total. The highest BCUT2D eigenvalue weighted by Gasteiger charge is 1.93. The van der Waals surface area contributed by atoms with E-state index in [1.807, 2.05) is 13.0 Å². The minimum atomic E-state index is 0.